The van der Waals surface area contributed by atoms with Gasteiger partial charge in [0.15, 0.2) is 0 Å². The number of aryl methyl sites for hydroxylation is 1. The van der Waals surface area contributed by atoms with Crippen LogP contribution in [0.25, 0.3) is 0 Å². The second kappa shape index (κ2) is 6.09. The molecule has 1 N–H and O–H groups in total. The fourth-order valence-corrected chi connectivity index (χ4v) is 2.57. The van der Waals surface area contributed by atoms with Crippen molar-refractivity contribution in [1.29, 1.82) is 0 Å². The predicted octanol–water partition coefficient (Wildman–Crippen LogP) is 5.79. The Morgan fingerprint density at radius 1 is 1.06 bits per heavy atom. The normalized spacial score (nSPS) is 10.4. The third kappa shape index (κ3) is 3.50. The molecule has 0 saturated heterocycles. The van der Waals surface area contributed by atoms with E-state index in [1.54, 1.807) is 0 Å². The summed E-state index contributed by atoms with van der Waals surface area (Å²) < 4.78 is 2.13. The highest BCUT2D eigenvalue weighted by molar-refractivity contribution is 9.13. The fourth-order valence-electron chi connectivity index (χ4n) is 1.67. The lowest BCUT2D eigenvalue weighted by Gasteiger charge is -2.10. The summed E-state index contributed by atoms with van der Waals surface area (Å²) in [7, 11) is 0. The molecule has 0 amide bonds. The molecule has 0 aliphatic rings. The molecule has 1 nitrogen and oxygen atoms in total. The van der Waals surface area contributed by atoms with E-state index in [1.807, 2.05) is 31.2 Å². The Hall–Kier alpha value is -0.510. The van der Waals surface area contributed by atoms with E-state index in [0.717, 1.165) is 31.8 Å². The van der Waals surface area contributed by atoms with Crippen molar-refractivity contribution in [2.75, 3.05) is 5.32 Å². The second-order valence-electron chi connectivity index (χ2n) is 4.06. The molecule has 2 aromatic rings. The van der Waals surface area contributed by atoms with Crippen LogP contribution in [0.5, 0.6) is 0 Å². The Bertz CT molecular complexity index is 570. The number of anilines is 1. The maximum absolute atomic E-state index is 5.93. The van der Waals surface area contributed by atoms with Crippen LogP contribution in [0.15, 0.2) is 45.3 Å². The van der Waals surface area contributed by atoms with E-state index in [9.17, 15) is 0 Å². The lowest BCUT2D eigenvalue weighted by Crippen LogP contribution is -2.00. The second-order valence-corrected chi connectivity index (χ2v) is 6.21. The zero-order valence-electron chi connectivity index (χ0n) is 9.81. The minimum Gasteiger partial charge on any atom is -0.381 e. The Labute approximate surface area is 129 Å². The molecule has 18 heavy (non-hydrogen) atoms. The minimum atomic E-state index is 0.768. The van der Waals surface area contributed by atoms with Gasteiger partial charge in [-0.15, -0.1) is 0 Å². The predicted molar refractivity (Wildman–Crippen MR) is 85.4 cm³/mol. The number of halogens is 3. The molecular weight excluding hydrogens is 377 g/mol. The zero-order valence-corrected chi connectivity index (χ0v) is 13.7. The molecule has 0 spiro atoms. The van der Waals surface area contributed by atoms with Gasteiger partial charge in [0.2, 0.25) is 0 Å². The monoisotopic (exact) mass is 387 g/mol. The van der Waals surface area contributed by atoms with Crippen molar-refractivity contribution in [2.45, 2.75) is 13.5 Å². The third-order valence-corrected chi connectivity index (χ3v) is 4.77. The minimum absolute atomic E-state index is 0.768. The van der Waals surface area contributed by atoms with E-state index in [1.165, 1.54) is 5.56 Å². The van der Waals surface area contributed by atoms with Crippen molar-refractivity contribution in [1.82, 2.24) is 0 Å². The van der Waals surface area contributed by atoms with Crippen LogP contribution < -0.4 is 5.32 Å². The Morgan fingerprint density at radius 3 is 2.50 bits per heavy atom. The summed E-state index contributed by atoms with van der Waals surface area (Å²) in [5.41, 5.74) is 3.48. The molecule has 0 bridgehead atoms. The lowest BCUT2D eigenvalue weighted by molar-refractivity contribution is 1.13. The van der Waals surface area contributed by atoms with Gasteiger partial charge in [-0.2, -0.15) is 0 Å². The largest absolute Gasteiger partial charge is 0.381 e. The molecule has 0 aliphatic carbocycles. The van der Waals surface area contributed by atoms with E-state index in [-0.39, 0.29) is 0 Å². The highest BCUT2D eigenvalue weighted by Crippen LogP contribution is 2.25. The standard InChI is InChI=1S/C14H12Br2ClN/c1-9-6-11(17)3-5-14(9)18-8-10-2-4-12(15)13(16)7-10/h2-7,18H,8H2,1H3. The number of benzene rings is 2. The van der Waals surface area contributed by atoms with E-state index < -0.39 is 0 Å². The quantitative estimate of drug-likeness (QED) is 0.701. The number of hydrogen-bond donors (Lipinski definition) is 1. The molecule has 0 radical (unpaired) electrons. The van der Waals surface area contributed by atoms with Crippen LogP contribution in [0, 0.1) is 6.92 Å². The SMILES string of the molecule is Cc1cc(Cl)ccc1NCc1ccc(Br)c(Br)c1. The molecule has 0 aromatic heterocycles. The van der Waals surface area contributed by atoms with E-state index in [4.69, 9.17) is 11.6 Å². The van der Waals surface area contributed by atoms with Crippen LogP contribution in [0.3, 0.4) is 0 Å². The van der Waals surface area contributed by atoms with E-state index in [2.05, 4.69) is 49.3 Å². The van der Waals surface area contributed by atoms with Crippen molar-refractivity contribution in [3.8, 4) is 0 Å². The average Bonchev–Trinajstić information content (AvgIpc) is 2.32. The topological polar surface area (TPSA) is 12.0 Å². The molecule has 0 fully saturated rings. The lowest BCUT2D eigenvalue weighted by atomic mass is 10.2. The van der Waals surface area contributed by atoms with Gasteiger partial charge in [-0.3, -0.25) is 0 Å². The van der Waals surface area contributed by atoms with Crippen molar-refractivity contribution in [3.63, 3.8) is 0 Å². The van der Waals surface area contributed by atoms with Gasteiger partial charge in [0.1, 0.15) is 0 Å². The molecule has 0 atom stereocenters. The van der Waals surface area contributed by atoms with Gasteiger partial charge in [-0.05, 0) is 80.2 Å². The van der Waals surface area contributed by atoms with Crippen molar-refractivity contribution < 1.29 is 0 Å². The summed E-state index contributed by atoms with van der Waals surface area (Å²) in [4.78, 5) is 0. The number of rotatable bonds is 3. The Kier molecular flexibility index (Phi) is 4.71. The summed E-state index contributed by atoms with van der Waals surface area (Å²) in [6.07, 6.45) is 0. The maximum atomic E-state index is 5.93. The van der Waals surface area contributed by atoms with Crippen LogP contribution in [-0.4, -0.2) is 0 Å². The number of nitrogens with one attached hydrogen (secondary N) is 1. The molecule has 4 heteroatoms. The summed E-state index contributed by atoms with van der Waals surface area (Å²) in [6, 6.07) is 12.1. The smallest absolute Gasteiger partial charge is 0.0410 e. The summed E-state index contributed by atoms with van der Waals surface area (Å²) in [5.74, 6) is 0. The van der Waals surface area contributed by atoms with Crippen LogP contribution >= 0.6 is 43.5 Å². The van der Waals surface area contributed by atoms with Crippen LogP contribution in [-0.2, 0) is 6.54 Å². The molecule has 0 aliphatic heterocycles. The van der Waals surface area contributed by atoms with Crippen molar-refractivity contribution in [2.24, 2.45) is 0 Å². The fraction of sp³-hybridized carbons (Fsp3) is 0.143. The van der Waals surface area contributed by atoms with Crippen LogP contribution in [0.2, 0.25) is 5.02 Å². The van der Waals surface area contributed by atoms with Crippen LogP contribution in [0.4, 0.5) is 5.69 Å². The van der Waals surface area contributed by atoms with Crippen molar-refractivity contribution in [3.05, 3.63) is 61.5 Å². The van der Waals surface area contributed by atoms with Crippen LogP contribution in [0.1, 0.15) is 11.1 Å². The molecule has 0 heterocycles. The average molecular weight is 390 g/mol. The zero-order chi connectivity index (χ0) is 13.1. The first-order valence-electron chi connectivity index (χ1n) is 5.50. The maximum Gasteiger partial charge on any atom is 0.0410 e. The van der Waals surface area contributed by atoms with Gasteiger partial charge in [-0.1, -0.05) is 17.7 Å². The summed E-state index contributed by atoms with van der Waals surface area (Å²) in [6.45, 7) is 2.83. The van der Waals surface area contributed by atoms with Gasteiger partial charge >= 0.3 is 0 Å². The molecule has 0 unspecified atom stereocenters. The van der Waals surface area contributed by atoms with Gasteiger partial charge in [-0.25, -0.2) is 0 Å². The highest BCUT2D eigenvalue weighted by atomic mass is 79.9. The van der Waals surface area contributed by atoms with E-state index in [0.29, 0.717) is 0 Å². The Balaban J connectivity index is 2.09. The Morgan fingerprint density at radius 2 is 1.83 bits per heavy atom. The van der Waals surface area contributed by atoms with Gasteiger partial charge in [0, 0.05) is 26.2 Å². The van der Waals surface area contributed by atoms with Crippen molar-refractivity contribution >= 4 is 49.1 Å². The summed E-state index contributed by atoms with van der Waals surface area (Å²) >= 11 is 12.9. The van der Waals surface area contributed by atoms with Gasteiger partial charge in [0.25, 0.3) is 0 Å². The van der Waals surface area contributed by atoms with Gasteiger partial charge < -0.3 is 5.32 Å². The first-order chi connectivity index (χ1) is 8.56. The molecule has 2 aromatic carbocycles. The van der Waals surface area contributed by atoms with Gasteiger partial charge in [0.05, 0.1) is 0 Å². The first-order valence-corrected chi connectivity index (χ1v) is 7.46. The molecule has 94 valence electrons. The highest BCUT2D eigenvalue weighted by Gasteiger charge is 2.01. The molecule has 2 rings (SSSR count). The first kappa shape index (κ1) is 13.9. The van der Waals surface area contributed by atoms with E-state index >= 15 is 0 Å². The molecule has 0 saturated carbocycles. The number of hydrogen-bond acceptors (Lipinski definition) is 1. The summed E-state index contributed by atoms with van der Waals surface area (Å²) in [5, 5.41) is 4.18. The third-order valence-electron chi connectivity index (χ3n) is 2.66. The molecular formula is C14H12Br2ClN.